The lowest BCUT2D eigenvalue weighted by molar-refractivity contribution is 0.0611. The van der Waals surface area contributed by atoms with Gasteiger partial charge in [-0.05, 0) is 51.3 Å². The van der Waals surface area contributed by atoms with E-state index in [1.165, 1.54) is 4.90 Å². The van der Waals surface area contributed by atoms with Gasteiger partial charge in [-0.15, -0.1) is 0 Å². The summed E-state index contributed by atoms with van der Waals surface area (Å²) < 4.78 is 0. The minimum Gasteiger partial charge on any atom is -0.333 e. The lowest BCUT2D eigenvalue weighted by Crippen LogP contribution is -2.43. The van der Waals surface area contributed by atoms with Crippen LogP contribution in [-0.4, -0.2) is 46.1 Å². The number of carbonyl (C=O) groups is 3. The van der Waals surface area contributed by atoms with E-state index in [0.29, 0.717) is 23.2 Å². The van der Waals surface area contributed by atoms with E-state index in [4.69, 9.17) is 0 Å². The van der Waals surface area contributed by atoms with Crippen LogP contribution >= 0.6 is 0 Å². The fraction of sp³-hybridized carbons (Fsp3) is 0.571. The third-order valence-electron chi connectivity index (χ3n) is 5.46. The van der Waals surface area contributed by atoms with E-state index < -0.39 is 0 Å². The molecule has 0 atom stereocenters. The zero-order chi connectivity index (χ0) is 18.8. The Morgan fingerprint density at radius 3 is 2.42 bits per heavy atom. The number of unbranched alkanes of at least 4 members (excludes halogenated alkanes) is 1. The molecule has 0 spiro atoms. The minimum atomic E-state index is -0.273. The zero-order valence-corrected chi connectivity index (χ0v) is 16.0. The Labute approximate surface area is 155 Å². The number of hydrogen-bond donors (Lipinski definition) is 0. The number of rotatable bonds is 6. The second kappa shape index (κ2) is 7.60. The highest BCUT2D eigenvalue weighted by molar-refractivity contribution is 6.22. The first-order valence-electron chi connectivity index (χ1n) is 9.78. The molecule has 0 bridgehead atoms. The summed E-state index contributed by atoms with van der Waals surface area (Å²) >= 11 is 0. The summed E-state index contributed by atoms with van der Waals surface area (Å²) in [6.45, 7) is 6.53. The number of amides is 3. The van der Waals surface area contributed by atoms with E-state index in [0.717, 1.165) is 38.5 Å². The first-order valence-corrected chi connectivity index (χ1v) is 9.78. The number of nitrogens with zero attached hydrogens (tertiary/aromatic N) is 2. The van der Waals surface area contributed by atoms with E-state index in [1.807, 2.05) is 25.7 Å². The molecule has 0 radical (unpaired) electrons. The maximum atomic E-state index is 13.1. The number of imide groups is 1. The van der Waals surface area contributed by atoms with Crippen LogP contribution in [0.25, 0.3) is 0 Å². The van der Waals surface area contributed by atoms with Crippen LogP contribution in [0, 0.1) is 0 Å². The highest BCUT2D eigenvalue weighted by Gasteiger charge is 2.36. The summed E-state index contributed by atoms with van der Waals surface area (Å²) in [6, 6.07) is 5.34. The molecule has 0 aromatic heterocycles. The lowest BCUT2D eigenvalue weighted by Gasteiger charge is -2.33. The van der Waals surface area contributed by atoms with Gasteiger partial charge >= 0.3 is 0 Å². The zero-order valence-electron chi connectivity index (χ0n) is 16.0. The fourth-order valence-corrected chi connectivity index (χ4v) is 4.10. The number of fused-ring (bicyclic) bond motifs is 1. The van der Waals surface area contributed by atoms with E-state index in [1.54, 1.807) is 18.2 Å². The molecule has 0 N–H and O–H groups in total. The van der Waals surface area contributed by atoms with Crippen LogP contribution in [0.4, 0.5) is 0 Å². The predicted molar refractivity (Wildman–Crippen MR) is 100 cm³/mol. The summed E-state index contributed by atoms with van der Waals surface area (Å²) in [7, 11) is 0. The first kappa shape index (κ1) is 18.6. The molecule has 5 nitrogen and oxygen atoms in total. The Kier molecular flexibility index (Phi) is 5.44. The second-order valence-corrected chi connectivity index (χ2v) is 7.62. The number of hydrogen-bond acceptors (Lipinski definition) is 3. The van der Waals surface area contributed by atoms with Gasteiger partial charge in [0.25, 0.3) is 17.7 Å². The normalized spacial score (nSPS) is 17.3. The van der Waals surface area contributed by atoms with Crippen LogP contribution in [0.2, 0.25) is 0 Å². The van der Waals surface area contributed by atoms with Crippen LogP contribution in [-0.2, 0) is 0 Å². The van der Waals surface area contributed by atoms with Crippen LogP contribution in [0.15, 0.2) is 18.2 Å². The molecule has 1 aromatic rings. The standard InChI is InChI=1S/C21H28N2O3/c1-4-5-12-22-20(25)17-11-10-15(13-18(17)21(22)26)19(24)23(14(2)3)16-8-6-7-9-16/h10-11,13-14,16H,4-9,12H2,1-3H3. The highest BCUT2D eigenvalue weighted by atomic mass is 16.2. The molecule has 1 saturated carbocycles. The Hall–Kier alpha value is -2.17. The quantitative estimate of drug-likeness (QED) is 0.727. The summed E-state index contributed by atoms with van der Waals surface area (Å²) in [6.07, 6.45) is 6.10. The van der Waals surface area contributed by atoms with E-state index in [2.05, 4.69) is 0 Å². The molecule has 1 aliphatic carbocycles. The minimum absolute atomic E-state index is 0.0399. The summed E-state index contributed by atoms with van der Waals surface area (Å²) in [5.41, 5.74) is 1.29. The third kappa shape index (κ3) is 3.27. The molecule has 140 valence electrons. The van der Waals surface area contributed by atoms with E-state index >= 15 is 0 Å². The third-order valence-corrected chi connectivity index (χ3v) is 5.46. The van der Waals surface area contributed by atoms with Gasteiger partial charge in [-0.2, -0.15) is 0 Å². The van der Waals surface area contributed by atoms with Crippen LogP contribution < -0.4 is 0 Å². The van der Waals surface area contributed by atoms with Crippen molar-refractivity contribution in [1.82, 2.24) is 9.80 Å². The molecular weight excluding hydrogens is 328 g/mol. The molecule has 1 heterocycles. The molecule has 26 heavy (non-hydrogen) atoms. The van der Waals surface area contributed by atoms with Crippen molar-refractivity contribution < 1.29 is 14.4 Å². The van der Waals surface area contributed by atoms with Crippen molar-refractivity contribution in [3.8, 4) is 0 Å². The van der Waals surface area contributed by atoms with Crippen molar-refractivity contribution >= 4 is 17.7 Å². The van der Waals surface area contributed by atoms with Gasteiger partial charge in [-0.1, -0.05) is 26.2 Å². The SMILES string of the molecule is CCCCN1C(=O)c2ccc(C(=O)N(C(C)C)C3CCCC3)cc2C1=O. The van der Waals surface area contributed by atoms with E-state index in [-0.39, 0.29) is 29.8 Å². The Morgan fingerprint density at radius 2 is 1.81 bits per heavy atom. The summed E-state index contributed by atoms with van der Waals surface area (Å²) in [5.74, 6) is -0.555. The Morgan fingerprint density at radius 1 is 1.15 bits per heavy atom. The highest BCUT2D eigenvalue weighted by Crippen LogP contribution is 2.29. The molecule has 1 aromatic carbocycles. The van der Waals surface area contributed by atoms with Crippen LogP contribution in [0.5, 0.6) is 0 Å². The Bertz CT molecular complexity index is 720. The molecule has 0 saturated heterocycles. The van der Waals surface area contributed by atoms with Gasteiger partial charge < -0.3 is 4.90 Å². The van der Waals surface area contributed by atoms with Crippen LogP contribution in [0.3, 0.4) is 0 Å². The van der Waals surface area contributed by atoms with Gasteiger partial charge in [0, 0.05) is 24.2 Å². The van der Waals surface area contributed by atoms with Gasteiger partial charge in [0.15, 0.2) is 0 Å². The Balaban J connectivity index is 1.87. The molecule has 5 heteroatoms. The second-order valence-electron chi connectivity index (χ2n) is 7.62. The van der Waals surface area contributed by atoms with Crippen molar-refractivity contribution in [3.63, 3.8) is 0 Å². The largest absolute Gasteiger partial charge is 0.333 e. The van der Waals surface area contributed by atoms with Crippen molar-refractivity contribution in [2.45, 2.75) is 71.4 Å². The smallest absolute Gasteiger partial charge is 0.261 e. The van der Waals surface area contributed by atoms with Gasteiger partial charge in [-0.25, -0.2) is 0 Å². The number of benzene rings is 1. The molecule has 3 amide bonds. The van der Waals surface area contributed by atoms with Crippen molar-refractivity contribution in [3.05, 3.63) is 34.9 Å². The topological polar surface area (TPSA) is 57.7 Å². The molecule has 0 unspecified atom stereocenters. The van der Waals surface area contributed by atoms with Gasteiger partial charge in [0.2, 0.25) is 0 Å². The first-order chi connectivity index (χ1) is 12.5. The molecular formula is C21H28N2O3. The maximum Gasteiger partial charge on any atom is 0.261 e. The van der Waals surface area contributed by atoms with Crippen molar-refractivity contribution in [2.75, 3.05) is 6.54 Å². The molecule has 1 fully saturated rings. The van der Waals surface area contributed by atoms with Crippen LogP contribution in [0.1, 0.15) is 90.4 Å². The predicted octanol–water partition coefficient (Wildman–Crippen LogP) is 3.88. The average molecular weight is 356 g/mol. The van der Waals surface area contributed by atoms with E-state index in [9.17, 15) is 14.4 Å². The average Bonchev–Trinajstić information content (AvgIpc) is 3.21. The molecule has 3 rings (SSSR count). The molecule has 1 aliphatic heterocycles. The van der Waals surface area contributed by atoms with Crippen molar-refractivity contribution in [1.29, 1.82) is 0 Å². The number of carbonyl (C=O) groups excluding carboxylic acids is 3. The van der Waals surface area contributed by atoms with Crippen molar-refractivity contribution in [2.24, 2.45) is 0 Å². The summed E-state index contributed by atoms with van der Waals surface area (Å²) in [5, 5.41) is 0. The van der Waals surface area contributed by atoms with Gasteiger partial charge in [0.1, 0.15) is 0 Å². The monoisotopic (exact) mass is 356 g/mol. The molecule has 2 aliphatic rings. The fourth-order valence-electron chi connectivity index (χ4n) is 4.10. The van der Waals surface area contributed by atoms with Gasteiger partial charge in [-0.3, -0.25) is 19.3 Å². The lowest BCUT2D eigenvalue weighted by atomic mass is 10.0. The maximum absolute atomic E-state index is 13.1. The summed E-state index contributed by atoms with van der Waals surface area (Å²) in [4.78, 5) is 41.5. The van der Waals surface area contributed by atoms with Gasteiger partial charge in [0.05, 0.1) is 11.1 Å².